The van der Waals surface area contributed by atoms with E-state index in [1.807, 2.05) is 16.0 Å². The fourth-order valence-electron chi connectivity index (χ4n) is 11.8. The molecule has 3 heterocycles. The molecule has 0 aromatic rings. The molecule has 0 spiro atoms. The van der Waals surface area contributed by atoms with Gasteiger partial charge in [0.2, 0.25) is 76.8 Å². The van der Waals surface area contributed by atoms with Crippen molar-refractivity contribution in [3.63, 3.8) is 0 Å². The number of hydrogen-bond acceptors (Lipinski definition) is 20. The Kier molecular flexibility index (Phi) is 37.3. The molecule has 3 saturated heterocycles. The molecule has 572 valence electrons. The number of nitrogens with two attached hydrogens (primary N) is 1. The maximum atomic E-state index is 15.4. The molecule has 3 fully saturated rings. The molecule has 0 saturated carbocycles. The van der Waals surface area contributed by atoms with Crippen molar-refractivity contribution in [3.05, 3.63) is 0 Å². The predicted octanol–water partition coefficient (Wildman–Crippen LogP) is -3.21. The molecule has 3 rings (SSSR count). The first-order chi connectivity index (χ1) is 48.1. The molecule has 3 aliphatic heterocycles. The average Bonchev–Trinajstić information content (AvgIpc) is 0.961. The molecular weight excluding hydrogens is 1340 g/mol. The second kappa shape index (κ2) is 43.9. The Balaban J connectivity index is 2.17. The van der Waals surface area contributed by atoms with E-state index in [1.165, 1.54) is 46.0 Å². The van der Waals surface area contributed by atoms with Crippen molar-refractivity contribution in [3.8, 4) is 0 Å². The van der Waals surface area contributed by atoms with Crippen LogP contribution in [0.15, 0.2) is 0 Å². The Labute approximate surface area is 590 Å². The SMILES string of the molecule is CCCCCCCCCCCCCCC(=O)N[C@H](CC(=O)OC)C(=O)NC(CC(=O)O)C(=O)NC1C(=O)N2CCCCC2C(=O)NC(C(C)C(=O)O)C(=O)NC(CC(=O)O)C(=O)NCC(=O)NC(CC(=O)O)C(=O)NCC(=O)NC(C(C)N)C(=O)NC(C(C)C)C(=O)N2CCCC2C(=O)NC1C. The van der Waals surface area contributed by atoms with Crippen LogP contribution in [0, 0.1) is 11.8 Å². The van der Waals surface area contributed by atoms with Crippen LogP contribution in [0.3, 0.4) is 0 Å². The number of nitrogens with one attached hydrogen (secondary N) is 11. The third-order valence-electron chi connectivity index (χ3n) is 17.6. The number of piperidine rings is 1. The van der Waals surface area contributed by atoms with Crippen LogP contribution in [-0.2, 0) is 91.0 Å². The van der Waals surface area contributed by atoms with E-state index in [1.54, 1.807) is 13.8 Å². The number of nitrogens with zero attached hydrogens (tertiary/aromatic N) is 2. The van der Waals surface area contributed by atoms with Crippen molar-refractivity contribution in [2.75, 3.05) is 33.3 Å². The van der Waals surface area contributed by atoms with Gasteiger partial charge in [-0.2, -0.15) is 0 Å². The summed E-state index contributed by atoms with van der Waals surface area (Å²) in [6.45, 7) is 6.17. The summed E-state index contributed by atoms with van der Waals surface area (Å²) in [6, 6.07) is -21.3. The normalized spacial score (nSPS) is 23.9. The van der Waals surface area contributed by atoms with Gasteiger partial charge in [-0.1, -0.05) is 91.4 Å². The molecule has 0 bridgehead atoms. The van der Waals surface area contributed by atoms with Gasteiger partial charge in [-0.3, -0.25) is 86.3 Å². The van der Waals surface area contributed by atoms with Crippen molar-refractivity contribution in [1.29, 1.82) is 0 Å². The number of methoxy groups -OCH3 is 1. The monoisotopic (exact) mass is 1450 g/mol. The van der Waals surface area contributed by atoms with E-state index in [2.05, 4.69) is 49.5 Å². The summed E-state index contributed by atoms with van der Waals surface area (Å²) in [5.74, 6) is -25.6. The quantitative estimate of drug-likeness (QED) is 0.0249. The van der Waals surface area contributed by atoms with Gasteiger partial charge in [0, 0.05) is 25.6 Å². The number of carbonyl (C=O) groups is 18. The Hall–Kier alpha value is -9.58. The fourth-order valence-corrected chi connectivity index (χ4v) is 11.8. The standard InChI is InChI=1S/C65H104N14O23/c1-8-9-10-11-12-13-14-15-16-17-18-19-25-44(80)70-41(31-50(89)102-7)57(92)72-40(30-49(87)88)58(93)77-54-37(6)69-59(94)43-24-22-27-79(43)63(98)51(34(2)3)75-62(97)53(36(5)66)74-46(82)33-68-55(90)38(28-47(83)84)71-45(81)32-67-56(91)39(29-48(85)86)73-61(96)52(35(4)65(100)101)76-60(95)42-23-20-21-26-78(42)64(54)99/h34-43,51-54H,8-33,66H2,1-7H3,(H,67,91)(H,68,90)(H,69,94)(H,70,80)(H,71,81)(H,72,92)(H,73,96)(H,74,82)(H,75,97)(H,76,95)(H,77,93)(H,83,84)(H,85,86)(H,87,88)(H,100,101)/t35?,36?,37?,38?,39?,40?,41-,42?,43?,51?,52?,53?,54?/m1/s1. The zero-order valence-electron chi connectivity index (χ0n) is 59.0. The highest BCUT2D eigenvalue weighted by Crippen LogP contribution is 2.24. The minimum atomic E-state index is -2.20. The highest BCUT2D eigenvalue weighted by Gasteiger charge is 2.46. The molecule has 13 amide bonds. The van der Waals surface area contributed by atoms with Gasteiger partial charge in [-0.05, 0) is 65.2 Å². The number of unbranched alkanes of at least 4 members (excludes halogenated alkanes) is 11. The second-order valence-corrected chi connectivity index (χ2v) is 26.3. The maximum absolute atomic E-state index is 15.4. The van der Waals surface area contributed by atoms with Crippen LogP contribution in [-0.4, -0.2) is 243 Å². The highest BCUT2D eigenvalue weighted by molar-refractivity contribution is 6.02. The van der Waals surface area contributed by atoms with Crippen molar-refractivity contribution in [1.82, 2.24) is 68.3 Å². The predicted molar refractivity (Wildman–Crippen MR) is 358 cm³/mol. The first kappa shape index (κ1) is 86.6. The Morgan fingerprint density at radius 3 is 1.53 bits per heavy atom. The van der Waals surface area contributed by atoms with Crippen molar-refractivity contribution in [2.45, 2.75) is 255 Å². The molecule has 37 heteroatoms. The lowest BCUT2D eigenvalue weighted by Gasteiger charge is -2.39. The lowest BCUT2D eigenvalue weighted by atomic mass is 9.96. The number of carbonyl (C=O) groups excluding carboxylic acids is 14. The van der Waals surface area contributed by atoms with Gasteiger partial charge in [0.25, 0.3) is 0 Å². The van der Waals surface area contributed by atoms with E-state index < -0.39 is 230 Å². The molecule has 0 radical (unpaired) electrons. The molecule has 0 aliphatic carbocycles. The molecule has 0 aromatic carbocycles. The number of carboxylic acid groups (broad SMARTS) is 4. The van der Waals surface area contributed by atoms with E-state index in [-0.39, 0.29) is 51.6 Å². The maximum Gasteiger partial charge on any atom is 0.308 e. The summed E-state index contributed by atoms with van der Waals surface area (Å²) in [7, 11) is 1.01. The summed E-state index contributed by atoms with van der Waals surface area (Å²) in [5, 5.41) is 64.7. The van der Waals surface area contributed by atoms with Crippen LogP contribution in [0.1, 0.15) is 183 Å². The number of ether oxygens (including phenoxy) is 1. The molecular formula is C65H104N14O23. The number of fused-ring (bicyclic) bond motifs is 2. The fraction of sp³-hybridized carbons (Fsp3) is 0.723. The lowest BCUT2D eigenvalue weighted by Crippen LogP contribution is -2.66. The van der Waals surface area contributed by atoms with E-state index in [4.69, 9.17) is 10.5 Å². The van der Waals surface area contributed by atoms with Gasteiger partial charge in [-0.25, -0.2) is 0 Å². The Morgan fingerprint density at radius 2 is 1.01 bits per heavy atom. The molecule has 102 heavy (non-hydrogen) atoms. The van der Waals surface area contributed by atoms with Crippen LogP contribution in [0.25, 0.3) is 0 Å². The smallest absolute Gasteiger partial charge is 0.308 e. The van der Waals surface area contributed by atoms with Crippen LogP contribution in [0.2, 0.25) is 0 Å². The topological polar surface area (TPSA) is 562 Å². The second-order valence-electron chi connectivity index (χ2n) is 26.3. The highest BCUT2D eigenvalue weighted by atomic mass is 16.5. The van der Waals surface area contributed by atoms with Crippen molar-refractivity contribution in [2.24, 2.45) is 17.6 Å². The number of rotatable bonds is 30. The minimum Gasteiger partial charge on any atom is -0.481 e. The zero-order valence-corrected chi connectivity index (χ0v) is 59.0. The van der Waals surface area contributed by atoms with Crippen molar-refractivity contribution < 1.29 is 111 Å². The van der Waals surface area contributed by atoms with Crippen LogP contribution < -0.4 is 64.2 Å². The van der Waals surface area contributed by atoms with Gasteiger partial charge in [0.05, 0.1) is 57.8 Å². The summed E-state index contributed by atoms with van der Waals surface area (Å²) in [4.78, 5) is 247. The Bertz CT molecular complexity index is 3000. The minimum absolute atomic E-state index is 0.0375. The van der Waals surface area contributed by atoms with E-state index >= 15 is 4.79 Å². The number of hydrogen-bond donors (Lipinski definition) is 16. The molecule has 17 N–H and O–H groups in total. The van der Waals surface area contributed by atoms with Crippen LogP contribution in [0.5, 0.6) is 0 Å². The van der Waals surface area contributed by atoms with E-state index in [0.29, 0.717) is 12.8 Å². The van der Waals surface area contributed by atoms with Gasteiger partial charge in [-0.15, -0.1) is 0 Å². The van der Waals surface area contributed by atoms with Gasteiger partial charge in [0.1, 0.15) is 60.4 Å². The number of aliphatic carboxylic acids is 4. The third kappa shape index (κ3) is 29.2. The van der Waals surface area contributed by atoms with Crippen molar-refractivity contribution >= 4 is 107 Å². The molecule has 13 atom stereocenters. The van der Waals surface area contributed by atoms with E-state index in [9.17, 15) is 102 Å². The summed E-state index contributed by atoms with van der Waals surface area (Å²) < 4.78 is 4.76. The molecule has 3 aliphatic rings. The first-order valence-electron chi connectivity index (χ1n) is 34.7. The molecule has 12 unspecified atom stereocenters. The molecule has 0 aromatic heterocycles. The number of amides is 13. The number of esters is 1. The summed E-state index contributed by atoms with van der Waals surface area (Å²) in [5.41, 5.74) is 6.13. The van der Waals surface area contributed by atoms with Gasteiger partial charge >= 0.3 is 29.8 Å². The lowest BCUT2D eigenvalue weighted by molar-refractivity contribution is -0.150. The summed E-state index contributed by atoms with van der Waals surface area (Å²) >= 11 is 0. The first-order valence-corrected chi connectivity index (χ1v) is 34.7. The largest absolute Gasteiger partial charge is 0.481 e. The van der Waals surface area contributed by atoms with Crippen LogP contribution in [0.4, 0.5) is 0 Å². The average molecular weight is 1450 g/mol. The number of carboxylic acids is 4. The van der Waals surface area contributed by atoms with E-state index in [0.717, 1.165) is 55.9 Å². The zero-order chi connectivity index (χ0) is 76.5. The van der Waals surface area contributed by atoms with Gasteiger partial charge in [0.15, 0.2) is 0 Å². The molecule has 37 nitrogen and oxygen atoms in total. The Morgan fingerprint density at radius 1 is 0.529 bits per heavy atom. The third-order valence-corrected chi connectivity index (χ3v) is 17.6. The summed E-state index contributed by atoms with van der Waals surface area (Å²) in [6.07, 6.45) is 7.86. The van der Waals surface area contributed by atoms with Crippen LogP contribution >= 0.6 is 0 Å². The van der Waals surface area contributed by atoms with Gasteiger partial charge < -0.3 is 99.2 Å².